The highest BCUT2D eigenvalue weighted by atomic mass is 16.5. The molecule has 7 nitrogen and oxygen atoms in total. The Kier molecular flexibility index (Phi) is 6.74. The van der Waals surface area contributed by atoms with Crippen LogP contribution in [0.3, 0.4) is 0 Å². The summed E-state index contributed by atoms with van der Waals surface area (Å²) in [5.74, 6) is 0.562. The Bertz CT molecular complexity index is 979. The standard InChI is InChI=1S/C25H35N3O4/c1-4-32-14-8-13-28-23(29)22-15-18-11-12-20(31-3)16-21(18)27(22)17-25(28,2)24(30)26-19-9-6-5-7-10-19/h11-12,15-16,19H,4-10,13-14,17H2,1-3H3,(H,26,30). The Labute approximate surface area is 190 Å². The molecule has 7 heteroatoms. The van der Waals surface area contributed by atoms with Crippen LogP contribution in [-0.2, 0) is 16.1 Å². The summed E-state index contributed by atoms with van der Waals surface area (Å²) in [5, 5.41) is 4.25. The van der Waals surface area contributed by atoms with Crippen molar-refractivity contribution >= 4 is 22.7 Å². The van der Waals surface area contributed by atoms with Crippen LogP contribution in [-0.4, -0.2) is 59.7 Å². The number of fused-ring (bicyclic) bond motifs is 3. The topological polar surface area (TPSA) is 72.8 Å². The first-order chi connectivity index (χ1) is 15.5. The maximum Gasteiger partial charge on any atom is 0.271 e. The molecule has 0 bridgehead atoms. The number of ether oxygens (including phenoxy) is 2. The van der Waals surface area contributed by atoms with Crippen molar-refractivity contribution in [3.8, 4) is 5.75 Å². The van der Waals surface area contributed by atoms with Gasteiger partial charge in [-0.2, -0.15) is 0 Å². The van der Waals surface area contributed by atoms with Crippen LogP contribution >= 0.6 is 0 Å². The molecule has 1 aromatic heterocycles. The fourth-order valence-electron chi connectivity index (χ4n) is 5.06. The number of hydrogen-bond donors (Lipinski definition) is 1. The van der Waals surface area contributed by atoms with Gasteiger partial charge < -0.3 is 24.3 Å². The van der Waals surface area contributed by atoms with Crippen LogP contribution in [0, 0.1) is 0 Å². The van der Waals surface area contributed by atoms with Gasteiger partial charge in [0.05, 0.1) is 19.2 Å². The molecule has 1 saturated carbocycles. The Hall–Kier alpha value is -2.54. The molecule has 2 aromatic rings. The van der Waals surface area contributed by atoms with Crippen molar-refractivity contribution < 1.29 is 19.1 Å². The third-order valence-corrected chi connectivity index (χ3v) is 6.94. The van der Waals surface area contributed by atoms with Crippen molar-refractivity contribution in [3.05, 3.63) is 30.0 Å². The smallest absolute Gasteiger partial charge is 0.271 e. The van der Waals surface area contributed by atoms with Crippen molar-refractivity contribution in [3.63, 3.8) is 0 Å². The Balaban J connectivity index is 1.68. The molecule has 1 atom stereocenters. The monoisotopic (exact) mass is 441 g/mol. The van der Waals surface area contributed by atoms with Gasteiger partial charge in [0.1, 0.15) is 17.0 Å². The minimum atomic E-state index is -0.969. The molecule has 1 aliphatic carbocycles. The van der Waals surface area contributed by atoms with Crippen molar-refractivity contribution in [2.75, 3.05) is 26.9 Å². The number of benzene rings is 1. The lowest BCUT2D eigenvalue weighted by atomic mass is 9.91. The number of methoxy groups -OCH3 is 1. The van der Waals surface area contributed by atoms with Crippen molar-refractivity contribution in [1.29, 1.82) is 0 Å². The lowest BCUT2D eigenvalue weighted by Crippen LogP contribution is -2.65. The maximum atomic E-state index is 13.7. The average molecular weight is 442 g/mol. The lowest BCUT2D eigenvalue weighted by Gasteiger charge is -2.45. The number of amides is 2. The fraction of sp³-hybridized carbons (Fsp3) is 0.600. The minimum absolute atomic E-state index is 0.0652. The van der Waals surface area contributed by atoms with E-state index >= 15 is 0 Å². The van der Waals surface area contributed by atoms with E-state index in [1.54, 1.807) is 12.0 Å². The predicted molar refractivity (Wildman–Crippen MR) is 124 cm³/mol. The molecule has 4 rings (SSSR count). The molecule has 2 heterocycles. The van der Waals surface area contributed by atoms with Gasteiger partial charge in [0.2, 0.25) is 5.91 Å². The summed E-state index contributed by atoms with van der Waals surface area (Å²) in [6.45, 7) is 5.97. The van der Waals surface area contributed by atoms with Crippen LogP contribution in [0.15, 0.2) is 24.3 Å². The normalized spacial score (nSPS) is 21.6. The van der Waals surface area contributed by atoms with Gasteiger partial charge in [-0.05, 0) is 51.3 Å². The number of carbonyl (C=O) groups is 2. The molecule has 1 fully saturated rings. The van der Waals surface area contributed by atoms with E-state index in [9.17, 15) is 9.59 Å². The van der Waals surface area contributed by atoms with Gasteiger partial charge in [0, 0.05) is 37.3 Å². The number of aromatic nitrogens is 1. The number of nitrogens with zero attached hydrogens (tertiary/aromatic N) is 2. The second kappa shape index (κ2) is 9.53. The second-order valence-electron chi connectivity index (χ2n) is 9.13. The summed E-state index contributed by atoms with van der Waals surface area (Å²) in [4.78, 5) is 29.1. The first kappa shape index (κ1) is 22.6. The molecular weight excluding hydrogens is 406 g/mol. The number of nitrogens with one attached hydrogen (secondary N) is 1. The quantitative estimate of drug-likeness (QED) is 0.634. The van der Waals surface area contributed by atoms with Gasteiger partial charge in [-0.1, -0.05) is 19.3 Å². The SMILES string of the molecule is CCOCCCN1C(=O)c2cc3ccc(OC)cc3n2CC1(C)C(=O)NC1CCCCC1. The summed E-state index contributed by atoms with van der Waals surface area (Å²) < 4.78 is 12.9. The third kappa shape index (κ3) is 4.22. The zero-order valence-electron chi connectivity index (χ0n) is 19.5. The zero-order chi connectivity index (χ0) is 22.7. The van der Waals surface area contributed by atoms with E-state index in [0.29, 0.717) is 38.4 Å². The summed E-state index contributed by atoms with van der Waals surface area (Å²) in [7, 11) is 1.63. The van der Waals surface area contributed by atoms with Crippen LogP contribution < -0.4 is 10.1 Å². The van der Waals surface area contributed by atoms with Gasteiger partial charge in [0.25, 0.3) is 5.91 Å². The number of rotatable bonds is 8. The molecule has 1 aromatic carbocycles. The van der Waals surface area contributed by atoms with E-state index in [-0.39, 0.29) is 17.9 Å². The first-order valence-electron chi connectivity index (χ1n) is 11.9. The van der Waals surface area contributed by atoms with Gasteiger partial charge in [-0.3, -0.25) is 9.59 Å². The van der Waals surface area contributed by atoms with Crippen molar-refractivity contribution in [2.24, 2.45) is 0 Å². The first-order valence-corrected chi connectivity index (χ1v) is 11.9. The van der Waals surface area contributed by atoms with Crippen LogP contribution in [0.4, 0.5) is 0 Å². The van der Waals surface area contributed by atoms with Crippen molar-refractivity contribution in [1.82, 2.24) is 14.8 Å². The minimum Gasteiger partial charge on any atom is -0.497 e. The number of carbonyl (C=O) groups excluding carboxylic acids is 2. The molecule has 1 unspecified atom stereocenters. The zero-order valence-corrected chi connectivity index (χ0v) is 19.5. The molecule has 1 N–H and O–H groups in total. The highest BCUT2D eigenvalue weighted by molar-refractivity contribution is 6.03. The van der Waals surface area contributed by atoms with Gasteiger partial charge in [0.15, 0.2) is 0 Å². The van der Waals surface area contributed by atoms with E-state index < -0.39 is 5.54 Å². The summed E-state index contributed by atoms with van der Waals surface area (Å²) in [6.07, 6.45) is 6.23. The summed E-state index contributed by atoms with van der Waals surface area (Å²) in [6, 6.07) is 7.91. The summed E-state index contributed by atoms with van der Waals surface area (Å²) >= 11 is 0. The number of hydrogen-bond acceptors (Lipinski definition) is 4. The third-order valence-electron chi connectivity index (χ3n) is 6.94. The maximum absolute atomic E-state index is 13.7. The van der Waals surface area contributed by atoms with Crippen LogP contribution in [0.1, 0.15) is 62.9 Å². The van der Waals surface area contributed by atoms with Crippen LogP contribution in [0.25, 0.3) is 10.9 Å². The van der Waals surface area contributed by atoms with Crippen LogP contribution in [0.2, 0.25) is 0 Å². The van der Waals surface area contributed by atoms with E-state index in [2.05, 4.69) is 5.32 Å². The largest absolute Gasteiger partial charge is 0.497 e. The van der Waals surface area contributed by atoms with Crippen molar-refractivity contribution in [2.45, 2.75) is 70.5 Å². The van der Waals surface area contributed by atoms with Gasteiger partial charge in [-0.25, -0.2) is 0 Å². The average Bonchev–Trinajstić information content (AvgIpc) is 3.16. The van der Waals surface area contributed by atoms with E-state index in [1.165, 1.54) is 6.42 Å². The van der Waals surface area contributed by atoms with E-state index in [4.69, 9.17) is 9.47 Å². The van der Waals surface area contributed by atoms with E-state index in [0.717, 1.165) is 42.3 Å². The highest BCUT2D eigenvalue weighted by Gasteiger charge is 2.47. The molecule has 0 radical (unpaired) electrons. The molecule has 32 heavy (non-hydrogen) atoms. The Morgan fingerprint density at radius 3 is 2.72 bits per heavy atom. The highest BCUT2D eigenvalue weighted by Crippen LogP contribution is 2.34. The lowest BCUT2D eigenvalue weighted by molar-refractivity contribution is -0.133. The molecule has 2 amide bonds. The molecule has 174 valence electrons. The van der Waals surface area contributed by atoms with E-state index in [1.807, 2.05) is 42.7 Å². The Morgan fingerprint density at radius 1 is 1.22 bits per heavy atom. The summed E-state index contributed by atoms with van der Waals surface area (Å²) in [5.41, 5.74) is 0.564. The molecule has 2 aliphatic rings. The molecular formula is C25H35N3O4. The second-order valence-corrected chi connectivity index (χ2v) is 9.13. The molecule has 0 saturated heterocycles. The van der Waals surface area contributed by atoms with Gasteiger partial charge >= 0.3 is 0 Å². The predicted octanol–water partition coefficient (Wildman–Crippen LogP) is 3.74. The van der Waals surface area contributed by atoms with Gasteiger partial charge in [-0.15, -0.1) is 0 Å². The fourth-order valence-corrected chi connectivity index (χ4v) is 5.06. The molecule has 1 aliphatic heterocycles. The Morgan fingerprint density at radius 2 is 2.00 bits per heavy atom. The van der Waals surface area contributed by atoms with Crippen LogP contribution in [0.5, 0.6) is 5.75 Å². The molecule has 0 spiro atoms.